The Balaban J connectivity index is 1.99. The van der Waals surface area contributed by atoms with Crippen molar-refractivity contribution in [3.05, 3.63) is 52.0 Å². The molecule has 20 heavy (non-hydrogen) atoms. The lowest BCUT2D eigenvalue weighted by Gasteiger charge is -1.97. The number of rotatable bonds is 2. The van der Waals surface area contributed by atoms with Gasteiger partial charge in [0, 0.05) is 21.3 Å². The van der Waals surface area contributed by atoms with Crippen molar-refractivity contribution >= 4 is 33.2 Å². The molecule has 1 aromatic heterocycles. The topological polar surface area (TPSA) is 64.9 Å². The summed E-state index contributed by atoms with van der Waals surface area (Å²) in [6.45, 7) is 0. The van der Waals surface area contributed by atoms with Crippen molar-refractivity contribution < 1.29 is 4.52 Å². The molecule has 0 fully saturated rings. The first-order valence-electron chi connectivity index (χ1n) is 5.78. The third-order valence-electron chi connectivity index (χ3n) is 2.74. The van der Waals surface area contributed by atoms with Gasteiger partial charge in [0.25, 0.3) is 5.89 Å². The predicted octanol–water partition coefficient (Wildman–Crippen LogP) is 4.40. The summed E-state index contributed by atoms with van der Waals surface area (Å²) in [7, 11) is 0. The van der Waals surface area contributed by atoms with E-state index in [2.05, 4.69) is 26.1 Å². The molecule has 3 rings (SSSR count). The summed E-state index contributed by atoms with van der Waals surface area (Å²) in [5.41, 5.74) is 7.97. The minimum Gasteiger partial charge on any atom is -0.399 e. The summed E-state index contributed by atoms with van der Waals surface area (Å²) in [5.74, 6) is 0.906. The highest BCUT2D eigenvalue weighted by atomic mass is 79.9. The van der Waals surface area contributed by atoms with E-state index >= 15 is 0 Å². The van der Waals surface area contributed by atoms with Gasteiger partial charge in [-0.05, 0) is 46.3 Å². The monoisotopic (exact) mass is 349 g/mol. The lowest BCUT2D eigenvalue weighted by atomic mass is 10.2. The van der Waals surface area contributed by atoms with Gasteiger partial charge in [0.15, 0.2) is 0 Å². The SMILES string of the molecule is Nc1cccc(-c2noc(-c3ccc(Br)c(Cl)c3)n2)c1. The van der Waals surface area contributed by atoms with Gasteiger partial charge >= 0.3 is 0 Å². The Morgan fingerprint density at radius 2 is 1.95 bits per heavy atom. The summed E-state index contributed by atoms with van der Waals surface area (Å²) in [4.78, 5) is 4.36. The summed E-state index contributed by atoms with van der Waals surface area (Å²) < 4.78 is 6.08. The summed E-state index contributed by atoms with van der Waals surface area (Å²) in [5, 5.41) is 4.55. The molecule has 6 heteroatoms. The van der Waals surface area contributed by atoms with Gasteiger partial charge in [0.05, 0.1) is 5.02 Å². The molecule has 3 aromatic rings. The van der Waals surface area contributed by atoms with E-state index in [0.717, 1.165) is 15.6 Å². The van der Waals surface area contributed by atoms with Gasteiger partial charge in [0.2, 0.25) is 5.82 Å². The van der Waals surface area contributed by atoms with Crippen LogP contribution in [0, 0.1) is 0 Å². The van der Waals surface area contributed by atoms with Crippen LogP contribution >= 0.6 is 27.5 Å². The van der Waals surface area contributed by atoms with Gasteiger partial charge in [-0.2, -0.15) is 4.98 Å². The van der Waals surface area contributed by atoms with E-state index in [1.165, 1.54) is 0 Å². The maximum absolute atomic E-state index is 6.06. The molecule has 0 unspecified atom stereocenters. The molecule has 0 aliphatic carbocycles. The van der Waals surface area contributed by atoms with Crippen LogP contribution in [-0.4, -0.2) is 10.1 Å². The number of benzene rings is 2. The Kier molecular flexibility index (Phi) is 3.46. The number of nitrogen functional groups attached to an aromatic ring is 1. The van der Waals surface area contributed by atoms with Crippen molar-refractivity contribution in [2.75, 3.05) is 5.73 Å². The van der Waals surface area contributed by atoms with Crippen molar-refractivity contribution in [3.8, 4) is 22.8 Å². The number of anilines is 1. The molecule has 0 aliphatic rings. The number of halogens is 2. The van der Waals surface area contributed by atoms with E-state index in [-0.39, 0.29) is 0 Å². The van der Waals surface area contributed by atoms with E-state index in [9.17, 15) is 0 Å². The second-order valence-electron chi connectivity index (χ2n) is 4.18. The number of nitrogens with two attached hydrogens (primary N) is 1. The largest absolute Gasteiger partial charge is 0.399 e. The zero-order valence-electron chi connectivity index (χ0n) is 10.2. The summed E-state index contributed by atoms with van der Waals surface area (Å²) in [6, 6.07) is 12.8. The fourth-order valence-electron chi connectivity index (χ4n) is 1.76. The highest BCUT2D eigenvalue weighted by molar-refractivity contribution is 9.10. The molecule has 0 radical (unpaired) electrons. The van der Waals surface area contributed by atoms with E-state index in [1.54, 1.807) is 18.2 Å². The summed E-state index contributed by atoms with van der Waals surface area (Å²) >= 11 is 9.39. The number of nitrogens with zero attached hydrogens (tertiary/aromatic N) is 2. The molecule has 1 heterocycles. The Hall–Kier alpha value is -1.85. The Morgan fingerprint density at radius 1 is 1.10 bits per heavy atom. The predicted molar refractivity (Wildman–Crippen MR) is 82.3 cm³/mol. The van der Waals surface area contributed by atoms with Crippen LogP contribution in [0.15, 0.2) is 51.5 Å². The first kappa shape index (κ1) is 13.1. The molecule has 0 spiro atoms. The fourth-order valence-corrected chi connectivity index (χ4v) is 2.19. The fraction of sp³-hybridized carbons (Fsp3) is 0. The zero-order valence-corrected chi connectivity index (χ0v) is 12.5. The number of aromatic nitrogens is 2. The van der Waals surface area contributed by atoms with Gasteiger partial charge in [-0.3, -0.25) is 0 Å². The van der Waals surface area contributed by atoms with Crippen LogP contribution in [0.2, 0.25) is 5.02 Å². The van der Waals surface area contributed by atoms with Gasteiger partial charge in [-0.15, -0.1) is 0 Å². The minimum atomic E-state index is 0.414. The molecule has 2 N–H and O–H groups in total. The molecular weight excluding hydrogens is 342 g/mol. The second kappa shape index (κ2) is 5.26. The van der Waals surface area contributed by atoms with E-state index < -0.39 is 0 Å². The second-order valence-corrected chi connectivity index (χ2v) is 5.44. The number of hydrogen-bond donors (Lipinski definition) is 1. The molecule has 0 aliphatic heterocycles. The quantitative estimate of drug-likeness (QED) is 0.696. The van der Waals surface area contributed by atoms with Crippen LogP contribution in [0.4, 0.5) is 5.69 Å². The van der Waals surface area contributed by atoms with Gasteiger partial charge in [-0.25, -0.2) is 0 Å². The lowest BCUT2D eigenvalue weighted by molar-refractivity contribution is 0.432. The van der Waals surface area contributed by atoms with Crippen molar-refractivity contribution in [3.63, 3.8) is 0 Å². The standard InChI is InChI=1S/C14H9BrClN3O/c15-11-5-4-9(7-12(11)16)14-18-13(19-20-14)8-2-1-3-10(17)6-8/h1-7H,17H2. The van der Waals surface area contributed by atoms with Crippen molar-refractivity contribution in [2.45, 2.75) is 0 Å². The molecule has 0 amide bonds. The molecule has 0 atom stereocenters. The first-order valence-corrected chi connectivity index (χ1v) is 6.95. The van der Waals surface area contributed by atoms with Crippen LogP contribution in [-0.2, 0) is 0 Å². The third-order valence-corrected chi connectivity index (χ3v) is 3.97. The lowest BCUT2D eigenvalue weighted by Crippen LogP contribution is -1.86. The van der Waals surface area contributed by atoms with Crippen molar-refractivity contribution in [1.29, 1.82) is 0 Å². The zero-order chi connectivity index (χ0) is 14.1. The van der Waals surface area contributed by atoms with Gasteiger partial charge < -0.3 is 10.3 Å². The maximum Gasteiger partial charge on any atom is 0.258 e. The molecule has 100 valence electrons. The van der Waals surface area contributed by atoms with Gasteiger partial charge in [-0.1, -0.05) is 28.9 Å². The molecule has 0 saturated carbocycles. The van der Waals surface area contributed by atoms with E-state index in [1.807, 2.05) is 24.3 Å². The molecule has 2 aromatic carbocycles. The third kappa shape index (κ3) is 2.55. The Labute approximate surface area is 128 Å². The molecule has 0 bridgehead atoms. The van der Waals surface area contributed by atoms with Crippen LogP contribution in [0.25, 0.3) is 22.8 Å². The highest BCUT2D eigenvalue weighted by Crippen LogP contribution is 2.29. The normalized spacial score (nSPS) is 10.7. The number of hydrogen-bond acceptors (Lipinski definition) is 4. The van der Waals surface area contributed by atoms with E-state index in [0.29, 0.717) is 22.4 Å². The first-order chi connectivity index (χ1) is 9.63. The van der Waals surface area contributed by atoms with Crippen molar-refractivity contribution in [2.24, 2.45) is 0 Å². The van der Waals surface area contributed by atoms with Crippen LogP contribution in [0.5, 0.6) is 0 Å². The highest BCUT2D eigenvalue weighted by Gasteiger charge is 2.11. The average Bonchev–Trinajstić information content (AvgIpc) is 2.92. The average molecular weight is 351 g/mol. The van der Waals surface area contributed by atoms with Crippen LogP contribution in [0.3, 0.4) is 0 Å². The van der Waals surface area contributed by atoms with E-state index in [4.69, 9.17) is 21.9 Å². The van der Waals surface area contributed by atoms with Crippen LogP contribution < -0.4 is 5.73 Å². The van der Waals surface area contributed by atoms with Gasteiger partial charge in [0.1, 0.15) is 0 Å². The minimum absolute atomic E-state index is 0.414. The van der Waals surface area contributed by atoms with Crippen LogP contribution in [0.1, 0.15) is 0 Å². The Bertz CT molecular complexity index is 773. The smallest absolute Gasteiger partial charge is 0.258 e. The summed E-state index contributed by atoms with van der Waals surface area (Å²) in [6.07, 6.45) is 0. The molecular formula is C14H9BrClN3O. The molecule has 4 nitrogen and oxygen atoms in total. The Morgan fingerprint density at radius 3 is 2.70 bits per heavy atom. The van der Waals surface area contributed by atoms with Crippen molar-refractivity contribution in [1.82, 2.24) is 10.1 Å². The molecule has 0 saturated heterocycles. The maximum atomic E-state index is 6.06.